The number of hydrogen-bond acceptors (Lipinski definition) is 2. The van der Waals surface area contributed by atoms with E-state index in [9.17, 15) is 22.0 Å². The number of ether oxygens (including phenoxy) is 2. The number of benzene rings is 1. The fourth-order valence-corrected chi connectivity index (χ4v) is 1.25. The minimum Gasteiger partial charge on any atom is -0.492 e. The average Bonchev–Trinajstić information content (AvgIpc) is 2.33. The van der Waals surface area contributed by atoms with Gasteiger partial charge in [-0.05, 0) is 12.1 Å². The molecule has 0 amide bonds. The predicted octanol–water partition coefficient (Wildman–Crippen LogP) is 2.90. The van der Waals surface area contributed by atoms with Crippen molar-refractivity contribution in [1.29, 1.82) is 0 Å². The van der Waals surface area contributed by atoms with E-state index >= 15 is 0 Å². The van der Waals surface area contributed by atoms with E-state index < -0.39 is 29.7 Å². The molecule has 0 aliphatic rings. The van der Waals surface area contributed by atoms with Crippen molar-refractivity contribution in [2.75, 3.05) is 14.2 Å². The van der Waals surface area contributed by atoms with Gasteiger partial charge in [-0.15, -0.1) is 0 Å². The van der Waals surface area contributed by atoms with Gasteiger partial charge >= 0.3 is 6.18 Å². The number of alkyl halides is 3. The van der Waals surface area contributed by atoms with E-state index in [1.807, 2.05) is 0 Å². The van der Waals surface area contributed by atoms with E-state index in [0.29, 0.717) is 0 Å². The van der Waals surface area contributed by atoms with Crippen molar-refractivity contribution in [2.45, 2.75) is 12.3 Å². The molecule has 0 aromatic heterocycles. The van der Waals surface area contributed by atoms with Crippen molar-refractivity contribution in [3.8, 4) is 17.6 Å². The zero-order chi connectivity index (χ0) is 14.6. The Kier molecular flexibility index (Phi) is 4.72. The van der Waals surface area contributed by atoms with E-state index in [4.69, 9.17) is 0 Å². The Morgan fingerprint density at radius 3 is 2.26 bits per heavy atom. The van der Waals surface area contributed by atoms with E-state index in [1.54, 1.807) is 5.92 Å². The molecule has 0 unspecified atom stereocenters. The molecule has 0 aliphatic carbocycles. The van der Waals surface area contributed by atoms with Gasteiger partial charge < -0.3 is 9.47 Å². The third-order valence-electron chi connectivity index (χ3n) is 2.13. The molecule has 1 aromatic rings. The van der Waals surface area contributed by atoms with Gasteiger partial charge in [0, 0.05) is 7.11 Å². The molecule has 1 atom stereocenters. The first kappa shape index (κ1) is 15.2. The summed E-state index contributed by atoms with van der Waals surface area (Å²) in [6, 6.07) is 1.77. The van der Waals surface area contributed by atoms with Crippen LogP contribution in [0, 0.1) is 23.5 Å². The first-order chi connectivity index (χ1) is 8.81. The topological polar surface area (TPSA) is 18.5 Å². The van der Waals surface area contributed by atoms with Crippen LogP contribution in [-0.2, 0) is 4.74 Å². The van der Waals surface area contributed by atoms with Crippen LogP contribution in [0.5, 0.6) is 5.75 Å². The first-order valence-corrected chi connectivity index (χ1v) is 4.94. The minimum absolute atomic E-state index is 0.201. The second-order valence-electron chi connectivity index (χ2n) is 3.37. The summed E-state index contributed by atoms with van der Waals surface area (Å²) in [6.45, 7) is 0. The molecule has 0 bridgehead atoms. The maximum atomic E-state index is 13.3. The summed E-state index contributed by atoms with van der Waals surface area (Å²) in [5.74, 6) is 0.803. The molecule has 0 spiro atoms. The van der Waals surface area contributed by atoms with Gasteiger partial charge in [-0.3, -0.25) is 0 Å². The summed E-state index contributed by atoms with van der Waals surface area (Å²) >= 11 is 0. The summed E-state index contributed by atoms with van der Waals surface area (Å²) in [5, 5.41) is 0. The molecule has 104 valence electrons. The molecule has 0 saturated carbocycles. The zero-order valence-electron chi connectivity index (χ0n) is 9.94. The van der Waals surface area contributed by atoms with Crippen LogP contribution in [0.2, 0.25) is 0 Å². The summed E-state index contributed by atoms with van der Waals surface area (Å²) in [6.07, 6.45) is -6.99. The highest BCUT2D eigenvalue weighted by molar-refractivity contribution is 5.47. The SMILES string of the molecule is COc1c(C#C[C@@H](OC)C(F)(F)F)ccc(F)c1F. The van der Waals surface area contributed by atoms with Crippen LogP contribution in [0.4, 0.5) is 22.0 Å². The van der Waals surface area contributed by atoms with Crippen LogP contribution in [0.1, 0.15) is 5.56 Å². The Hall–Kier alpha value is -1.81. The smallest absolute Gasteiger partial charge is 0.426 e. The van der Waals surface area contributed by atoms with Gasteiger partial charge in [-0.25, -0.2) is 4.39 Å². The highest BCUT2D eigenvalue weighted by Crippen LogP contribution is 2.25. The van der Waals surface area contributed by atoms with Gasteiger partial charge in [0.15, 0.2) is 11.6 Å². The standard InChI is InChI=1S/C12H9F5O2/c1-18-9(12(15,16)17)6-4-7-3-5-8(13)10(14)11(7)19-2/h3,5,9H,1-2H3/t9-/m1/s1. The maximum absolute atomic E-state index is 13.3. The van der Waals surface area contributed by atoms with Gasteiger partial charge in [0.1, 0.15) is 0 Å². The highest BCUT2D eigenvalue weighted by Gasteiger charge is 2.38. The largest absolute Gasteiger partial charge is 0.492 e. The molecule has 0 saturated heterocycles. The molecule has 2 nitrogen and oxygen atoms in total. The molecule has 0 N–H and O–H groups in total. The molecule has 0 heterocycles. The monoisotopic (exact) mass is 280 g/mol. The predicted molar refractivity (Wildman–Crippen MR) is 56.6 cm³/mol. The van der Waals surface area contributed by atoms with Crippen LogP contribution in [0.25, 0.3) is 0 Å². The van der Waals surface area contributed by atoms with Crippen LogP contribution in [0.15, 0.2) is 12.1 Å². The van der Waals surface area contributed by atoms with Crippen LogP contribution in [0.3, 0.4) is 0 Å². The Balaban J connectivity index is 3.17. The van der Waals surface area contributed by atoms with Crippen molar-refractivity contribution in [1.82, 2.24) is 0 Å². The quantitative estimate of drug-likeness (QED) is 0.612. The lowest BCUT2D eigenvalue weighted by Gasteiger charge is -2.12. The Morgan fingerprint density at radius 1 is 1.16 bits per heavy atom. The third-order valence-corrected chi connectivity index (χ3v) is 2.13. The summed E-state index contributed by atoms with van der Waals surface area (Å²) < 4.78 is 72.0. The molecule has 7 heteroatoms. The molecule has 0 radical (unpaired) electrons. The minimum atomic E-state index is -4.67. The van der Waals surface area contributed by atoms with Crippen LogP contribution in [-0.4, -0.2) is 26.5 Å². The lowest BCUT2D eigenvalue weighted by atomic mass is 10.1. The molecule has 1 aromatic carbocycles. The number of methoxy groups -OCH3 is 2. The molecule has 0 fully saturated rings. The average molecular weight is 280 g/mol. The van der Waals surface area contributed by atoms with Crippen LogP contribution >= 0.6 is 0 Å². The number of hydrogen-bond donors (Lipinski definition) is 0. The summed E-state index contributed by atoms with van der Waals surface area (Å²) in [5.41, 5.74) is -0.201. The van der Waals surface area contributed by atoms with Gasteiger partial charge in [0.25, 0.3) is 0 Å². The lowest BCUT2D eigenvalue weighted by Crippen LogP contribution is -2.29. The van der Waals surface area contributed by atoms with E-state index in [-0.39, 0.29) is 5.56 Å². The van der Waals surface area contributed by atoms with E-state index in [0.717, 1.165) is 26.4 Å². The van der Waals surface area contributed by atoms with Crippen molar-refractivity contribution in [3.05, 3.63) is 29.3 Å². The van der Waals surface area contributed by atoms with Crippen molar-refractivity contribution >= 4 is 0 Å². The van der Waals surface area contributed by atoms with Gasteiger partial charge in [0.05, 0.1) is 12.7 Å². The van der Waals surface area contributed by atoms with Crippen LogP contribution < -0.4 is 4.74 Å². The normalized spacial score (nSPS) is 12.6. The van der Waals surface area contributed by atoms with Gasteiger partial charge in [0.2, 0.25) is 11.9 Å². The Bertz CT molecular complexity index is 513. The first-order valence-electron chi connectivity index (χ1n) is 4.94. The summed E-state index contributed by atoms with van der Waals surface area (Å²) in [4.78, 5) is 0. The van der Waals surface area contributed by atoms with Gasteiger partial charge in [-0.1, -0.05) is 11.8 Å². The summed E-state index contributed by atoms with van der Waals surface area (Å²) in [7, 11) is 1.90. The number of halogens is 5. The van der Waals surface area contributed by atoms with Crippen molar-refractivity contribution in [2.24, 2.45) is 0 Å². The second kappa shape index (κ2) is 5.89. The molecule has 19 heavy (non-hydrogen) atoms. The van der Waals surface area contributed by atoms with Crippen molar-refractivity contribution in [3.63, 3.8) is 0 Å². The highest BCUT2D eigenvalue weighted by atomic mass is 19.4. The van der Waals surface area contributed by atoms with E-state index in [1.165, 1.54) is 0 Å². The van der Waals surface area contributed by atoms with Gasteiger partial charge in [-0.2, -0.15) is 17.6 Å². The molecular formula is C12H9F5O2. The molecule has 1 rings (SSSR count). The fourth-order valence-electron chi connectivity index (χ4n) is 1.25. The molecular weight excluding hydrogens is 271 g/mol. The number of rotatable bonds is 2. The van der Waals surface area contributed by atoms with E-state index in [2.05, 4.69) is 15.4 Å². The zero-order valence-corrected chi connectivity index (χ0v) is 9.94. The molecule has 0 aliphatic heterocycles. The third kappa shape index (κ3) is 3.58. The van der Waals surface area contributed by atoms with Crippen molar-refractivity contribution < 1.29 is 31.4 Å². The lowest BCUT2D eigenvalue weighted by molar-refractivity contribution is -0.193. The second-order valence-corrected chi connectivity index (χ2v) is 3.37. The Labute approximate surface area is 106 Å². The fraction of sp³-hybridized carbons (Fsp3) is 0.333. The Morgan fingerprint density at radius 2 is 1.79 bits per heavy atom. The maximum Gasteiger partial charge on any atom is 0.426 e.